The zero-order chi connectivity index (χ0) is 50.7. The topological polar surface area (TPSA) is 309 Å². The summed E-state index contributed by atoms with van der Waals surface area (Å²) in [5.74, 6) is -1.93. The van der Waals surface area contributed by atoms with Crippen molar-refractivity contribution in [2.75, 3.05) is 45.1 Å². The number of nitrogens with one attached hydrogen (secondary N) is 4. The maximum atomic E-state index is 12.9. The predicted octanol–water partition coefficient (Wildman–Crippen LogP) is 5.57. The van der Waals surface area contributed by atoms with Crippen molar-refractivity contribution in [2.45, 2.75) is 82.5 Å². The van der Waals surface area contributed by atoms with Gasteiger partial charge in [0, 0.05) is 35.0 Å². The van der Waals surface area contributed by atoms with E-state index in [2.05, 4.69) is 37.3 Å². The van der Waals surface area contributed by atoms with Crippen LogP contribution in [0.5, 0.6) is 5.75 Å². The first kappa shape index (κ1) is 54.0. The first-order chi connectivity index (χ1) is 32.6. The highest BCUT2D eigenvalue weighted by Gasteiger charge is 2.24. The van der Waals surface area contributed by atoms with E-state index >= 15 is 0 Å². The fraction of sp³-hybridized carbons (Fsp3) is 0.391. The van der Waals surface area contributed by atoms with E-state index in [-0.39, 0.29) is 71.6 Å². The molecule has 366 valence electrons. The Morgan fingerprint density at radius 3 is 1.86 bits per heavy atom. The van der Waals surface area contributed by atoms with Gasteiger partial charge in [-0.25, -0.2) is 19.6 Å². The van der Waals surface area contributed by atoms with E-state index in [1.54, 1.807) is 90.1 Å². The van der Waals surface area contributed by atoms with Crippen LogP contribution >= 0.6 is 23.4 Å². The summed E-state index contributed by atoms with van der Waals surface area (Å²) in [6, 6.07) is 17.4. The third kappa shape index (κ3) is 18.9. The van der Waals surface area contributed by atoms with Gasteiger partial charge < -0.3 is 55.1 Å². The maximum absolute atomic E-state index is 12.9. The average molecular weight is 990 g/mol. The molecule has 0 saturated heterocycles. The molecule has 0 fully saturated rings. The van der Waals surface area contributed by atoms with Gasteiger partial charge in [-0.3, -0.25) is 19.2 Å². The molecule has 0 radical (unpaired) electrons. The minimum absolute atomic E-state index is 0.0163. The van der Waals surface area contributed by atoms with Crippen molar-refractivity contribution in [1.29, 1.82) is 10.5 Å². The molecule has 0 spiro atoms. The number of carbonyl (C=O) groups is 6. The standard InChI is InChI=1S/C46H52ClN9O12S/c1-45(2,3)67-43(61)53-21-35(57)51-17-15-37(59)64-25-32(66-38(60)16-18-52-36(58)22-54-44(62)68-46(4,5)6)24-63-31-13-9-27(10-14-31)39-33(19-48)40(50)56-42(34(39)20-49)69-26-30-23-65-41(55-30)28-7-11-29(47)12-8-28/h7-14,23,32H,15-18,21-22,24-26H2,1-6H3,(H2,50,56)(H,51,57)(H,52,58)(H,53,61)(H,54,62)/t32-/m0/s1. The number of hydrogen-bond donors (Lipinski definition) is 5. The fourth-order valence-corrected chi connectivity index (χ4v) is 6.62. The van der Waals surface area contributed by atoms with Crippen LogP contribution in [0.3, 0.4) is 0 Å². The van der Waals surface area contributed by atoms with Crippen molar-refractivity contribution < 1.29 is 56.9 Å². The quantitative estimate of drug-likeness (QED) is 0.0387. The molecule has 1 atom stereocenters. The van der Waals surface area contributed by atoms with Crippen molar-refractivity contribution >= 4 is 65.1 Å². The third-order valence-corrected chi connectivity index (χ3v) is 9.87. The molecule has 4 rings (SSSR count). The lowest BCUT2D eigenvalue weighted by Gasteiger charge is -2.20. The Balaban J connectivity index is 1.40. The predicted molar refractivity (Wildman–Crippen MR) is 250 cm³/mol. The molecule has 21 nitrogen and oxygen atoms in total. The van der Waals surface area contributed by atoms with Gasteiger partial charge in [0.2, 0.25) is 17.7 Å². The SMILES string of the molecule is CC(C)(C)OC(=O)NCC(=O)NCCC(=O)OC[C@H](COc1ccc(-c2c(C#N)c(N)nc(SCc3coc(-c4ccc(Cl)cc4)n3)c2C#N)cc1)OC(=O)CCNC(=O)CNC(=O)OC(C)(C)C. The Labute approximate surface area is 407 Å². The van der Waals surface area contributed by atoms with Crippen molar-refractivity contribution in [2.24, 2.45) is 0 Å². The number of anilines is 1. The van der Waals surface area contributed by atoms with Gasteiger partial charge in [-0.15, -0.1) is 0 Å². The maximum Gasteiger partial charge on any atom is 0.408 e. The smallest absolute Gasteiger partial charge is 0.408 e. The molecule has 2 heterocycles. The summed E-state index contributed by atoms with van der Waals surface area (Å²) in [6.07, 6.45) is -1.84. The molecule has 0 saturated carbocycles. The summed E-state index contributed by atoms with van der Waals surface area (Å²) in [6.45, 7) is 8.12. The van der Waals surface area contributed by atoms with Gasteiger partial charge in [0.25, 0.3) is 0 Å². The van der Waals surface area contributed by atoms with E-state index in [4.69, 9.17) is 45.4 Å². The van der Waals surface area contributed by atoms with E-state index in [0.717, 1.165) is 5.56 Å². The van der Waals surface area contributed by atoms with Crippen LogP contribution in [0.25, 0.3) is 22.6 Å². The highest BCUT2D eigenvalue weighted by atomic mass is 35.5. The largest absolute Gasteiger partial charge is 0.490 e. The molecule has 0 aliphatic heterocycles. The van der Waals surface area contributed by atoms with Gasteiger partial charge >= 0.3 is 24.1 Å². The van der Waals surface area contributed by atoms with Gasteiger partial charge in [-0.05, 0) is 83.5 Å². The number of nitriles is 2. The lowest BCUT2D eigenvalue weighted by atomic mass is 9.97. The van der Waals surface area contributed by atoms with Crippen molar-refractivity contribution in [3.63, 3.8) is 0 Å². The second-order valence-corrected chi connectivity index (χ2v) is 18.0. The Hall–Kier alpha value is -7.56. The lowest BCUT2D eigenvalue weighted by molar-refractivity contribution is -0.160. The molecule has 0 unspecified atom stereocenters. The molecule has 23 heteroatoms. The highest BCUT2D eigenvalue weighted by Crippen LogP contribution is 2.37. The number of halogens is 1. The van der Waals surface area contributed by atoms with E-state index < -0.39 is 72.9 Å². The number of pyridine rings is 1. The number of ether oxygens (including phenoxy) is 5. The minimum Gasteiger partial charge on any atom is -0.490 e. The Morgan fingerprint density at radius 2 is 1.30 bits per heavy atom. The minimum atomic E-state index is -1.17. The number of nitrogens with zero attached hydrogens (tertiary/aromatic N) is 4. The fourth-order valence-electron chi connectivity index (χ4n) is 5.62. The van der Waals surface area contributed by atoms with Crippen LogP contribution in [0.2, 0.25) is 5.02 Å². The number of amides is 4. The van der Waals surface area contributed by atoms with Gasteiger partial charge in [-0.2, -0.15) is 10.5 Å². The van der Waals surface area contributed by atoms with Crippen LogP contribution in [-0.4, -0.2) is 103 Å². The lowest BCUT2D eigenvalue weighted by Crippen LogP contribution is -2.40. The number of nitrogens with two attached hydrogens (primary N) is 1. The zero-order valence-corrected chi connectivity index (χ0v) is 40.3. The number of benzene rings is 2. The first-order valence-corrected chi connectivity index (χ1v) is 22.5. The molecule has 0 aliphatic rings. The van der Waals surface area contributed by atoms with Gasteiger partial charge in [0.05, 0.1) is 37.2 Å². The molecule has 6 N–H and O–H groups in total. The van der Waals surface area contributed by atoms with Crippen LogP contribution in [0.15, 0.2) is 64.2 Å². The van der Waals surface area contributed by atoms with Gasteiger partial charge in [-0.1, -0.05) is 35.5 Å². The number of thioether (sulfide) groups is 1. The van der Waals surface area contributed by atoms with Crippen LogP contribution in [0.4, 0.5) is 15.4 Å². The summed E-state index contributed by atoms with van der Waals surface area (Å²) in [5, 5.41) is 30.8. The molecular formula is C46H52ClN9O12S. The molecule has 0 bridgehead atoms. The molecule has 2 aromatic heterocycles. The van der Waals surface area contributed by atoms with Crippen LogP contribution in [0.1, 0.15) is 71.2 Å². The molecule has 2 aromatic carbocycles. The van der Waals surface area contributed by atoms with Crippen molar-refractivity contribution in [3.05, 3.63) is 76.6 Å². The van der Waals surface area contributed by atoms with Crippen LogP contribution < -0.4 is 31.7 Å². The number of carbonyl (C=O) groups excluding carboxylic acids is 6. The number of rotatable bonds is 21. The summed E-state index contributed by atoms with van der Waals surface area (Å²) in [5.41, 5.74) is 6.76. The monoisotopic (exact) mass is 989 g/mol. The van der Waals surface area contributed by atoms with E-state index in [9.17, 15) is 39.3 Å². The summed E-state index contributed by atoms with van der Waals surface area (Å²) in [4.78, 5) is 82.5. The van der Waals surface area contributed by atoms with E-state index in [0.29, 0.717) is 22.2 Å². The molecule has 0 aliphatic carbocycles. The number of nitrogen functional groups attached to an aromatic ring is 1. The van der Waals surface area contributed by atoms with E-state index in [1.165, 1.54) is 18.0 Å². The van der Waals surface area contributed by atoms with Gasteiger partial charge in [0.1, 0.15) is 65.0 Å². The van der Waals surface area contributed by atoms with Gasteiger partial charge in [0.15, 0.2) is 6.10 Å². The Kier molecular flexibility index (Phi) is 20.0. The second-order valence-electron chi connectivity index (χ2n) is 16.6. The Bertz CT molecular complexity index is 2550. The number of aromatic nitrogens is 2. The number of hydrogen-bond acceptors (Lipinski definition) is 18. The molecule has 4 aromatic rings. The van der Waals surface area contributed by atoms with E-state index in [1.807, 2.05) is 6.07 Å². The molecular weight excluding hydrogens is 938 g/mol. The van der Waals surface area contributed by atoms with Crippen molar-refractivity contribution in [3.8, 4) is 40.5 Å². The first-order valence-electron chi connectivity index (χ1n) is 21.1. The number of alkyl carbamates (subject to hydrolysis) is 2. The third-order valence-electron chi connectivity index (χ3n) is 8.61. The Morgan fingerprint density at radius 1 is 0.754 bits per heavy atom. The van der Waals surface area contributed by atoms with Crippen LogP contribution in [-0.2, 0) is 43.9 Å². The second kappa shape index (κ2) is 25.5. The highest BCUT2D eigenvalue weighted by molar-refractivity contribution is 7.98. The average Bonchev–Trinajstić information content (AvgIpc) is 3.76. The summed E-state index contributed by atoms with van der Waals surface area (Å²) < 4.78 is 32.6. The summed E-state index contributed by atoms with van der Waals surface area (Å²) in [7, 11) is 0. The van der Waals surface area contributed by atoms with Crippen molar-refractivity contribution in [1.82, 2.24) is 31.2 Å². The summed E-state index contributed by atoms with van der Waals surface area (Å²) >= 11 is 7.18. The van der Waals surface area contributed by atoms with Crippen LogP contribution in [0, 0.1) is 22.7 Å². The molecule has 4 amide bonds. The molecule has 69 heavy (non-hydrogen) atoms. The zero-order valence-electron chi connectivity index (χ0n) is 38.7. The number of oxazole rings is 1. The normalized spacial score (nSPS) is 11.4. The number of esters is 2.